The average molecular weight is 428 g/mol. The predicted molar refractivity (Wildman–Crippen MR) is 117 cm³/mol. The number of ether oxygens (including phenoxy) is 2. The summed E-state index contributed by atoms with van der Waals surface area (Å²) in [6, 6.07) is 15.6. The molecule has 0 radical (unpaired) electrons. The molecule has 3 aromatic rings. The monoisotopic (exact) mass is 427 g/mol. The SMILES string of the molecule is CCOCCOCc1cccc(CNC(=O)c2cnn(Cc3ccccc3Cl)c2)c1. The van der Waals surface area contributed by atoms with Gasteiger partial charge in [-0.2, -0.15) is 5.10 Å². The minimum atomic E-state index is -0.168. The lowest BCUT2D eigenvalue weighted by molar-refractivity contribution is 0.0453. The number of benzene rings is 2. The van der Waals surface area contributed by atoms with Crippen molar-refractivity contribution in [3.05, 3.63) is 88.2 Å². The Balaban J connectivity index is 1.49. The van der Waals surface area contributed by atoms with Gasteiger partial charge in [0.05, 0.1) is 38.1 Å². The Labute approximate surface area is 181 Å². The number of nitrogens with zero attached hydrogens (tertiary/aromatic N) is 2. The van der Waals surface area contributed by atoms with Crippen LogP contribution in [0.2, 0.25) is 5.02 Å². The van der Waals surface area contributed by atoms with Gasteiger partial charge in [-0.05, 0) is 29.7 Å². The van der Waals surface area contributed by atoms with Gasteiger partial charge in [0.2, 0.25) is 0 Å². The van der Waals surface area contributed by atoms with Crippen molar-refractivity contribution >= 4 is 17.5 Å². The first kappa shape index (κ1) is 22.0. The third kappa shape index (κ3) is 6.69. The molecule has 6 nitrogen and oxygen atoms in total. The average Bonchev–Trinajstić information content (AvgIpc) is 3.22. The number of aromatic nitrogens is 2. The van der Waals surface area contributed by atoms with E-state index in [1.54, 1.807) is 17.1 Å². The van der Waals surface area contributed by atoms with Gasteiger partial charge in [0.25, 0.3) is 5.91 Å². The van der Waals surface area contributed by atoms with E-state index in [-0.39, 0.29) is 5.91 Å². The van der Waals surface area contributed by atoms with Crippen molar-refractivity contribution in [3.8, 4) is 0 Å². The molecule has 158 valence electrons. The molecule has 7 heteroatoms. The second-order valence-electron chi connectivity index (χ2n) is 6.77. The summed E-state index contributed by atoms with van der Waals surface area (Å²) in [4.78, 5) is 12.5. The van der Waals surface area contributed by atoms with Gasteiger partial charge in [-0.1, -0.05) is 54.1 Å². The zero-order valence-corrected chi connectivity index (χ0v) is 17.8. The lowest BCUT2D eigenvalue weighted by Crippen LogP contribution is -2.22. The maximum Gasteiger partial charge on any atom is 0.254 e. The van der Waals surface area contributed by atoms with E-state index in [1.807, 2.05) is 55.5 Å². The first-order chi connectivity index (χ1) is 14.7. The number of rotatable bonds is 11. The van der Waals surface area contributed by atoms with Crippen LogP contribution in [0.25, 0.3) is 0 Å². The van der Waals surface area contributed by atoms with E-state index in [1.165, 1.54) is 0 Å². The fourth-order valence-corrected chi connectivity index (χ4v) is 3.13. The molecule has 0 unspecified atom stereocenters. The summed E-state index contributed by atoms with van der Waals surface area (Å²) in [6.45, 7) is 5.27. The first-order valence-electron chi connectivity index (χ1n) is 9.93. The Bertz CT molecular complexity index is 958. The van der Waals surface area contributed by atoms with E-state index in [0.29, 0.717) is 50.1 Å². The molecule has 0 saturated heterocycles. The van der Waals surface area contributed by atoms with Crippen molar-refractivity contribution in [3.63, 3.8) is 0 Å². The Morgan fingerprint density at radius 1 is 1.10 bits per heavy atom. The maximum absolute atomic E-state index is 12.5. The van der Waals surface area contributed by atoms with Gasteiger partial charge in [-0.3, -0.25) is 9.48 Å². The van der Waals surface area contributed by atoms with E-state index < -0.39 is 0 Å². The lowest BCUT2D eigenvalue weighted by Gasteiger charge is -2.08. The lowest BCUT2D eigenvalue weighted by atomic mass is 10.1. The largest absolute Gasteiger partial charge is 0.379 e. The van der Waals surface area contributed by atoms with Gasteiger partial charge in [-0.15, -0.1) is 0 Å². The molecule has 0 bridgehead atoms. The molecule has 0 aliphatic heterocycles. The molecule has 1 heterocycles. The molecule has 1 N–H and O–H groups in total. The van der Waals surface area contributed by atoms with Crippen molar-refractivity contribution in [2.24, 2.45) is 0 Å². The van der Waals surface area contributed by atoms with Crippen LogP contribution >= 0.6 is 11.6 Å². The van der Waals surface area contributed by atoms with Crippen LogP contribution in [0.1, 0.15) is 34.0 Å². The van der Waals surface area contributed by atoms with Crippen molar-refractivity contribution in [1.29, 1.82) is 0 Å². The number of nitrogens with one attached hydrogen (secondary N) is 1. The molecule has 3 rings (SSSR count). The number of hydrogen-bond donors (Lipinski definition) is 1. The summed E-state index contributed by atoms with van der Waals surface area (Å²) < 4.78 is 12.6. The summed E-state index contributed by atoms with van der Waals surface area (Å²) in [7, 11) is 0. The normalized spacial score (nSPS) is 10.9. The Hall–Kier alpha value is -2.67. The van der Waals surface area contributed by atoms with E-state index in [9.17, 15) is 4.79 Å². The molecule has 0 fully saturated rings. The third-order valence-corrected chi connectivity index (χ3v) is 4.84. The summed E-state index contributed by atoms with van der Waals surface area (Å²) >= 11 is 6.19. The summed E-state index contributed by atoms with van der Waals surface area (Å²) in [6.07, 6.45) is 3.29. The van der Waals surface area contributed by atoms with Gasteiger partial charge in [0.15, 0.2) is 0 Å². The molecule has 2 aromatic carbocycles. The zero-order chi connectivity index (χ0) is 21.2. The van der Waals surface area contributed by atoms with E-state index in [2.05, 4.69) is 10.4 Å². The number of hydrogen-bond acceptors (Lipinski definition) is 4. The number of amides is 1. The molecule has 30 heavy (non-hydrogen) atoms. The molecular weight excluding hydrogens is 402 g/mol. The zero-order valence-electron chi connectivity index (χ0n) is 17.0. The maximum atomic E-state index is 12.5. The standard InChI is InChI=1S/C23H26ClN3O3/c1-2-29-10-11-30-17-19-7-5-6-18(12-19)13-25-23(28)21-14-26-27(16-21)15-20-8-3-4-9-22(20)24/h3-9,12,14,16H,2,10-11,13,15,17H2,1H3,(H,25,28). The molecule has 0 aliphatic rings. The number of carbonyl (C=O) groups excluding carboxylic acids is 1. The predicted octanol–water partition coefficient (Wildman–Crippen LogP) is 4.07. The quantitative estimate of drug-likeness (QED) is 0.468. The highest BCUT2D eigenvalue weighted by Gasteiger charge is 2.10. The number of halogens is 1. The van der Waals surface area contributed by atoms with Crippen LogP contribution in [0.15, 0.2) is 60.9 Å². The molecule has 0 spiro atoms. The fraction of sp³-hybridized carbons (Fsp3) is 0.304. The molecular formula is C23H26ClN3O3. The van der Waals surface area contributed by atoms with Gasteiger partial charge in [-0.25, -0.2) is 0 Å². The van der Waals surface area contributed by atoms with Gasteiger partial charge in [0, 0.05) is 24.4 Å². The van der Waals surface area contributed by atoms with Crippen LogP contribution in [-0.2, 0) is 29.2 Å². The highest BCUT2D eigenvalue weighted by molar-refractivity contribution is 6.31. The summed E-state index contributed by atoms with van der Waals surface area (Å²) in [5, 5.41) is 7.89. The highest BCUT2D eigenvalue weighted by atomic mass is 35.5. The van der Waals surface area contributed by atoms with Gasteiger partial charge >= 0.3 is 0 Å². The van der Waals surface area contributed by atoms with Crippen molar-refractivity contribution in [2.45, 2.75) is 26.6 Å². The molecule has 1 aromatic heterocycles. The van der Waals surface area contributed by atoms with E-state index >= 15 is 0 Å². The van der Waals surface area contributed by atoms with Crippen molar-refractivity contribution in [2.75, 3.05) is 19.8 Å². The minimum absolute atomic E-state index is 0.168. The van der Waals surface area contributed by atoms with Crippen LogP contribution in [-0.4, -0.2) is 35.5 Å². The van der Waals surface area contributed by atoms with Gasteiger partial charge in [0.1, 0.15) is 0 Å². The second kappa shape index (κ2) is 11.5. The molecule has 0 atom stereocenters. The van der Waals surface area contributed by atoms with Crippen LogP contribution < -0.4 is 5.32 Å². The molecule has 0 aliphatic carbocycles. The third-order valence-electron chi connectivity index (χ3n) is 4.47. The summed E-state index contributed by atoms with van der Waals surface area (Å²) in [5.74, 6) is -0.168. The smallest absolute Gasteiger partial charge is 0.254 e. The highest BCUT2D eigenvalue weighted by Crippen LogP contribution is 2.16. The second-order valence-corrected chi connectivity index (χ2v) is 7.18. The van der Waals surface area contributed by atoms with Crippen LogP contribution in [0, 0.1) is 0 Å². The van der Waals surface area contributed by atoms with E-state index in [4.69, 9.17) is 21.1 Å². The molecule has 0 saturated carbocycles. The topological polar surface area (TPSA) is 65.4 Å². The van der Waals surface area contributed by atoms with E-state index in [0.717, 1.165) is 16.7 Å². The minimum Gasteiger partial charge on any atom is -0.379 e. The van der Waals surface area contributed by atoms with Crippen molar-refractivity contribution < 1.29 is 14.3 Å². The van der Waals surface area contributed by atoms with Crippen LogP contribution in [0.3, 0.4) is 0 Å². The molecule has 1 amide bonds. The van der Waals surface area contributed by atoms with Crippen molar-refractivity contribution in [1.82, 2.24) is 15.1 Å². The van der Waals surface area contributed by atoms with Crippen LogP contribution in [0.4, 0.5) is 0 Å². The number of carbonyl (C=O) groups is 1. The Morgan fingerprint density at radius 2 is 1.90 bits per heavy atom. The first-order valence-corrected chi connectivity index (χ1v) is 10.3. The van der Waals surface area contributed by atoms with Crippen LogP contribution in [0.5, 0.6) is 0 Å². The Morgan fingerprint density at radius 3 is 2.73 bits per heavy atom. The van der Waals surface area contributed by atoms with Gasteiger partial charge < -0.3 is 14.8 Å². The Kier molecular flexibility index (Phi) is 8.44. The summed E-state index contributed by atoms with van der Waals surface area (Å²) in [5.41, 5.74) is 3.54. The fourth-order valence-electron chi connectivity index (χ4n) is 2.93.